The van der Waals surface area contributed by atoms with Crippen LogP contribution in [0.2, 0.25) is 0 Å². The van der Waals surface area contributed by atoms with Crippen molar-refractivity contribution in [1.29, 1.82) is 0 Å². The lowest BCUT2D eigenvalue weighted by Crippen LogP contribution is -2.15. The van der Waals surface area contributed by atoms with Crippen LogP contribution in [0.4, 0.5) is 11.4 Å². The van der Waals surface area contributed by atoms with Gasteiger partial charge in [-0.25, -0.2) is 0 Å². The first kappa shape index (κ1) is 16.2. The molecule has 0 atom stereocenters. The second-order valence-corrected chi connectivity index (χ2v) is 5.84. The van der Waals surface area contributed by atoms with Crippen molar-refractivity contribution in [2.75, 3.05) is 17.2 Å². The van der Waals surface area contributed by atoms with Gasteiger partial charge in [0.25, 0.3) is 0 Å². The number of hydrogen-bond donors (Lipinski definition) is 2. The number of carbonyl (C=O) groups excluding carboxylic acids is 1. The lowest BCUT2D eigenvalue weighted by molar-refractivity contribution is -0.116. The van der Waals surface area contributed by atoms with Crippen molar-refractivity contribution in [3.8, 4) is 0 Å². The van der Waals surface area contributed by atoms with Gasteiger partial charge in [0.05, 0.1) is 23.1 Å². The number of nitrogens with one attached hydrogen (secondary N) is 2. The largest absolute Gasteiger partial charge is 0.381 e. The van der Waals surface area contributed by atoms with Gasteiger partial charge in [-0.3, -0.25) is 14.8 Å². The Balaban J connectivity index is 2.30. The van der Waals surface area contributed by atoms with E-state index in [1.165, 1.54) is 0 Å². The van der Waals surface area contributed by atoms with Crippen LogP contribution in [0.1, 0.15) is 40.0 Å². The van der Waals surface area contributed by atoms with Crippen molar-refractivity contribution in [3.63, 3.8) is 0 Å². The van der Waals surface area contributed by atoms with Crippen LogP contribution >= 0.6 is 0 Å². The van der Waals surface area contributed by atoms with Gasteiger partial charge in [0.15, 0.2) is 0 Å². The van der Waals surface area contributed by atoms with Gasteiger partial charge in [-0.2, -0.15) is 0 Å². The highest BCUT2D eigenvalue weighted by molar-refractivity contribution is 6.01. The molecule has 0 spiro atoms. The van der Waals surface area contributed by atoms with Crippen LogP contribution in [-0.4, -0.2) is 22.4 Å². The van der Waals surface area contributed by atoms with E-state index >= 15 is 0 Å². The topological polar surface area (TPSA) is 66.9 Å². The zero-order chi connectivity index (χ0) is 15.9. The lowest BCUT2D eigenvalue weighted by Gasteiger charge is -2.16. The number of fused-ring (bicyclic) bond motifs is 1. The molecule has 0 bridgehead atoms. The Morgan fingerprint density at radius 1 is 1.32 bits per heavy atom. The number of unbranched alkanes of at least 4 members (excludes halogenated alkanes) is 1. The molecule has 0 fully saturated rings. The maximum absolute atomic E-state index is 12.0. The van der Waals surface area contributed by atoms with Gasteiger partial charge < -0.3 is 10.6 Å². The summed E-state index contributed by atoms with van der Waals surface area (Å²) in [6, 6.07) is 3.78. The average Bonchev–Trinajstić information content (AvgIpc) is 2.51. The lowest BCUT2D eigenvalue weighted by atomic mass is 10.2. The van der Waals surface area contributed by atoms with Crippen molar-refractivity contribution in [2.24, 2.45) is 5.92 Å². The van der Waals surface area contributed by atoms with Crippen LogP contribution in [0.5, 0.6) is 0 Å². The van der Waals surface area contributed by atoms with Gasteiger partial charge in [-0.1, -0.05) is 27.2 Å². The molecule has 2 aromatic heterocycles. The number of amides is 1. The van der Waals surface area contributed by atoms with E-state index in [0.29, 0.717) is 18.0 Å². The molecule has 0 aliphatic heterocycles. The molecule has 22 heavy (non-hydrogen) atoms. The molecule has 5 heteroatoms. The second kappa shape index (κ2) is 7.73. The molecule has 0 saturated heterocycles. The maximum atomic E-state index is 12.0. The number of aromatic nitrogens is 2. The molecule has 2 N–H and O–H groups in total. The predicted molar refractivity (Wildman–Crippen MR) is 91.0 cm³/mol. The second-order valence-electron chi connectivity index (χ2n) is 5.84. The molecule has 0 unspecified atom stereocenters. The third-order valence-electron chi connectivity index (χ3n) is 3.34. The summed E-state index contributed by atoms with van der Waals surface area (Å²) in [7, 11) is 0. The predicted octanol–water partition coefficient (Wildman–Crippen LogP) is 3.83. The van der Waals surface area contributed by atoms with Crippen LogP contribution in [0.25, 0.3) is 11.0 Å². The first-order valence-corrected chi connectivity index (χ1v) is 7.89. The third-order valence-corrected chi connectivity index (χ3v) is 3.34. The summed E-state index contributed by atoms with van der Waals surface area (Å²) in [6.45, 7) is 7.17. The average molecular weight is 300 g/mol. The summed E-state index contributed by atoms with van der Waals surface area (Å²) in [5, 5.41) is 6.36. The molecule has 0 aromatic carbocycles. The molecule has 1 amide bonds. The molecule has 2 rings (SSSR count). The van der Waals surface area contributed by atoms with Crippen LogP contribution in [-0.2, 0) is 4.79 Å². The third kappa shape index (κ3) is 4.16. The van der Waals surface area contributed by atoms with Crippen molar-refractivity contribution < 1.29 is 4.79 Å². The van der Waals surface area contributed by atoms with Gasteiger partial charge >= 0.3 is 0 Å². The highest BCUT2D eigenvalue weighted by atomic mass is 16.1. The van der Waals surface area contributed by atoms with Crippen LogP contribution in [0, 0.1) is 5.92 Å². The molecular formula is C17H24N4O. The highest BCUT2D eigenvalue weighted by Crippen LogP contribution is 2.28. The SMILES string of the molecule is CCCCC(=O)Nc1cnc2cccnc2c1NCC(C)C. The molecule has 0 radical (unpaired) electrons. The first-order chi connectivity index (χ1) is 10.6. The van der Waals surface area contributed by atoms with Crippen molar-refractivity contribution >= 4 is 28.3 Å². The molecule has 2 heterocycles. The fourth-order valence-corrected chi connectivity index (χ4v) is 2.15. The van der Waals surface area contributed by atoms with Gasteiger partial charge in [-0.05, 0) is 24.5 Å². The summed E-state index contributed by atoms with van der Waals surface area (Å²) in [5.41, 5.74) is 3.16. The number of anilines is 2. The van der Waals surface area contributed by atoms with Crippen molar-refractivity contribution in [3.05, 3.63) is 24.5 Å². The Labute approximate surface area is 131 Å². The molecular weight excluding hydrogens is 276 g/mol. The van der Waals surface area contributed by atoms with Crippen molar-refractivity contribution in [2.45, 2.75) is 40.0 Å². The zero-order valence-corrected chi connectivity index (χ0v) is 13.5. The summed E-state index contributed by atoms with van der Waals surface area (Å²) in [4.78, 5) is 20.8. The minimum atomic E-state index is 0.0199. The van der Waals surface area contributed by atoms with Gasteiger partial charge in [0.2, 0.25) is 5.91 Å². The molecule has 118 valence electrons. The summed E-state index contributed by atoms with van der Waals surface area (Å²) >= 11 is 0. The minimum absolute atomic E-state index is 0.0199. The van der Waals surface area contributed by atoms with Crippen LogP contribution < -0.4 is 10.6 Å². The molecule has 0 saturated carbocycles. The molecule has 5 nitrogen and oxygen atoms in total. The summed E-state index contributed by atoms with van der Waals surface area (Å²) < 4.78 is 0. The number of nitrogens with zero attached hydrogens (tertiary/aromatic N) is 2. The van der Waals surface area contributed by atoms with Gasteiger partial charge in [-0.15, -0.1) is 0 Å². The quantitative estimate of drug-likeness (QED) is 0.815. The molecule has 0 aliphatic rings. The van der Waals surface area contributed by atoms with Crippen molar-refractivity contribution in [1.82, 2.24) is 9.97 Å². The Morgan fingerprint density at radius 3 is 2.86 bits per heavy atom. The highest BCUT2D eigenvalue weighted by Gasteiger charge is 2.12. The summed E-state index contributed by atoms with van der Waals surface area (Å²) in [5.74, 6) is 0.516. The number of hydrogen-bond acceptors (Lipinski definition) is 4. The Kier molecular flexibility index (Phi) is 5.69. The Hall–Kier alpha value is -2.17. The standard InChI is InChI=1S/C17H24N4O/c1-4-5-8-15(22)21-14-11-19-13-7-6-9-18-16(13)17(14)20-10-12(2)3/h6-7,9,11-12H,4-5,8,10H2,1-3H3,(H,19,20)(H,21,22). The van der Waals surface area contributed by atoms with Gasteiger partial charge in [0, 0.05) is 19.2 Å². The summed E-state index contributed by atoms with van der Waals surface area (Å²) in [6.07, 6.45) is 5.87. The van der Waals surface area contributed by atoms with E-state index in [2.05, 4.69) is 41.4 Å². The van der Waals surface area contributed by atoms with E-state index in [-0.39, 0.29) is 5.91 Å². The molecule has 0 aliphatic carbocycles. The van der Waals surface area contributed by atoms with Gasteiger partial charge in [0.1, 0.15) is 5.52 Å². The van der Waals surface area contributed by atoms with E-state index in [9.17, 15) is 4.79 Å². The smallest absolute Gasteiger partial charge is 0.224 e. The van der Waals surface area contributed by atoms with E-state index in [4.69, 9.17) is 0 Å². The first-order valence-electron chi connectivity index (χ1n) is 7.89. The molecule has 2 aromatic rings. The van der Waals surface area contributed by atoms with E-state index in [1.54, 1.807) is 12.4 Å². The van der Waals surface area contributed by atoms with Crippen LogP contribution in [0.3, 0.4) is 0 Å². The number of carbonyl (C=O) groups is 1. The van der Waals surface area contributed by atoms with E-state index in [0.717, 1.165) is 36.1 Å². The monoisotopic (exact) mass is 300 g/mol. The number of rotatable bonds is 7. The fraction of sp³-hybridized carbons (Fsp3) is 0.471. The minimum Gasteiger partial charge on any atom is -0.381 e. The van der Waals surface area contributed by atoms with E-state index < -0.39 is 0 Å². The Morgan fingerprint density at radius 2 is 2.14 bits per heavy atom. The van der Waals surface area contributed by atoms with E-state index in [1.807, 2.05) is 12.1 Å². The normalized spacial score (nSPS) is 10.9. The maximum Gasteiger partial charge on any atom is 0.224 e. The zero-order valence-electron chi connectivity index (χ0n) is 13.5. The fourth-order valence-electron chi connectivity index (χ4n) is 2.15. The Bertz CT molecular complexity index is 640. The van der Waals surface area contributed by atoms with Crippen LogP contribution in [0.15, 0.2) is 24.5 Å². The number of pyridine rings is 2.